The van der Waals surface area contributed by atoms with E-state index in [0.29, 0.717) is 41.2 Å². The first-order valence-electron chi connectivity index (χ1n) is 12.7. The fourth-order valence-corrected chi connectivity index (χ4v) is 5.44. The molecule has 194 valence electrons. The van der Waals surface area contributed by atoms with Crippen LogP contribution in [0.1, 0.15) is 48.3 Å². The Hall–Kier alpha value is -4.32. The Bertz CT molecular complexity index is 1410. The van der Waals surface area contributed by atoms with E-state index in [2.05, 4.69) is 17.4 Å². The summed E-state index contributed by atoms with van der Waals surface area (Å²) >= 11 is 0. The van der Waals surface area contributed by atoms with E-state index in [9.17, 15) is 9.59 Å². The van der Waals surface area contributed by atoms with Crippen molar-refractivity contribution in [2.24, 2.45) is 0 Å². The third-order valence-corrected chi connectivity index (χ3v) is 7.28. The normalized spacial score (nSPS) is 19.0. The summed E-state index contributed by atoms with van der Waals surface area (Å²) in [6.07, 6.45) is 1.04. The van der Waals surface area contributed by atoms with Gasteiger partial charge in [0.1, 0.15) is 18.1 Å². The predicted octanol–water partition coefficient (Wildman–Crippen LogP) is 5.81. The van der Waals surface area contributed by atoms with E-state index < -0.39 is 11.9 Å². The maximum Gasteiger partial charge on any atom is 0.337 e. The Morgan fingerprint density at radius 1 is 0.921 bits per heavy atom. The number of rotatable bonds is 7. The summed E-state index contributed by atoms with van der Waals surface area (Å²) in [4.78, 5) is 27.5. The number of ether oxygens (including phenoxy) is 3. The van der Waals surface area contributed by atoms with Crippen LogP contribution in [-0.2, 0) is 20.9 Å². The van der Waals surface area contributed by atoms with Gasteiger partial charge in [-0.25, -0.2) is 4.79 Å². The molecule has 0 saturated heterocycles. The molecule has 0 fully saturated rings. The number of Topliss-reactive ketones (excluding diaryl/α,β-unsaturated/α-hetero) is 1. The molecule has 0 amide bonds. The topological polar surface area (TPSA) is 73.9 Å². The monoisotopic (exact) mass is 509 g/mol. The van der Waals surface area contributed by atoms with Crippen molar-refractivity contribution in [3.63, 3.8) is 0 Å². The van der Waals surface area contributed by atoms with Crippen molar-refractivity contribution in [2.45, 2.75) is 38.2 Å². The van der Waals surface area contributed by atoms with Gasteiger partial charge in [-0.3, -0.25) is 4.79 Å². The van der Waals surface area contributed by atoms with Crippen LogP contribution in [0, 0.1) is 0 Å². The van der Waals surface area contributed by atoms with Gasteiger partial charge in [-0.1, -0.05) is 66.7 Å². The van der Waals surface area contributed by atoms with Gasteiger partial charge >= 0.3 is 5.97 Å². The number of esters is 1. The number of carbonyl (C=O) groups is 2. The molecule has 6 heteroatoms. The van der Waals surface area contributed by atoms with Crippen LogP contribution < -0.4 is 14.8 Å². The number of carbonyl (C=O) groups excluding carboxylic acids is 2. The lowest BCUT2D eigenvalue weighted by molar-refractivity contribution is -0.140. The highest BCUT2D eigenvalue weighted by Gasteiger charge is 2.42. The number of dihydropyridines is 1. The summed E-state index contributed by atoms with van der Waals surface area (Å²) in [7, 11) is 3.16. The van der Waals surface area contributed by atoms with Crippen LogP contribution >= 0.6 is 0 Å². The fourth-order valence-electron chi connectivity index (χ4n) is 5.44. The smallest absolute Gasteiger partial charge is 0.337 e. The number of benzene rings is 3. The van der Waals surface area contributed by atoms with E-state index >= 15 is 0 Å². The molecule has 0 bridgehead atoms. The lowest BCUT2D eigenvalue weighted by Crippen LogP contribution is -2.36. The molecule has 1 aliphatic carbocycles. The number of hydrogen-bond donors (Lipinski definition) is 1. The van der Waals surface area contributed by atoms with Gasteiger partial charge in [-0.05, 0) is 36.5 Å². The Kier molecular flexibility index (Phi) is 7.31. The van der Waals surface area contributed by atoms with Crippen LogP contribution in [0.25, 0.3) is 0 Å². The molecular weight excluding hydrogens is 478 g/mol. The minimum absolute atomic E-state index is 0.0105. The van der Waals surface area contributed by atoms with Crippen LogP contribution in [0.5, 0.6) is 11.5 Å². The standard InChI is InChI=1S/C32H31NO5/c1-20-29(32(35)38-19-21-10-6-4-7-11-21)30(25-15-14-24(36-2)18-28(25)37-3)31-26(33-20)16-23(17-27(31)34)22-12-8-5-9-13-22/h4-15,18,23,30,33H,16-17,19H2,1-3H3/t23-,30-/m1/s1. The summed E-state index contributed by atoms with van der Waals surface area (Å²) < 4.78 is 16.9. The molecule has 0 radical (unpaired) electrons. The highest BCUT2D eigenvalue weighted by atomic mass is 16.5. The molecule has 0 saturated carbocycles. The Morgan fingerprint density at radius 2 is 1.63 bits per heavy atom. The first-order chi connectivity index (χ1) is 18.5. The van der Waals surface area contributed by atoms with Gasteiger partial charge in [0.25, 0.3) is 0 Å². The van der Waals surface area contributed by atoms with Crippen molar-refractivity contribution < 1.29 is 23.8 Å². The highest BCUT2D eigenvalue weighted by Crippen LogP contribution is 2.48. The van der Waals surface area contributed by atoms with Crippen LogP contribution in [0.2, 0.25) is 0 Å². The molecule has 5 rings (SSSR count). The summed E-state index contributed by atoms with van der Waals surface area (Å²) in [5.41, 5.74) is 5.26. The van der Waals surface area contributed by atoms with Crippen LogP contribution in [-0.4, -0.2) is 26.0 Å². The number of hydrogen-bond acceptors (Lipinski definition) is 6. The average molecular weight is 510 g/mol. The van der Waals surface area contributed by atoms with E-state index in [1.165, 1.54) is 0 Å². The summed E-state index contributed by atoms with van der Waals surface area (Å²) in [6, 6.07) is 25.1. The molecule has 2 aliphatic rings. The second-order valence-corrected chi connectivity index (χ2v) is 9.60. The maximum atomic E-state index is 13.8. The minimum Gasteiger partial charge on any atom is -0.497 e. The van der Waals surface area contributed by atoms with Crippen molar-refractivity contribution in [3.05, 3.63) is 118 Å². The summed E-state index contributed by atoms with van der Waals surface area (Å²) in [5, 5.41) is 3.41. The van der Waals surface area contributed by atoms with Crippen molar-refractivity contribution in [1.29, 1.82) is 0 Å². The molecule has 3 aromatic carbocycles. The summed E-state index contributed by atoms with van der Waals surface area (Å²) in [5.74, 6) is 0.152. The molecule has 0 spiro atoms. The molecule has 1 N–H and O–H groups in total. The number of nitrogens with one attached hydrogen (secondary N) is 1. The lowest BCUT2D eigenvalue weighted by atomic mass is 9.71. The maximum absolute atomic E-state index is 13.8. The summed E-state index contributed by atoms with van der Waals surface area (Å²) in [6.45, 7) is 2.00. The van der Waals surface area contributed by atoms with Gasteiger partial charge in [0.05, 0.1) is 25.7 Å². The van der Waals surface area contributed by atoms with E-state index in [-0.39, 0.29) is 18.3 Å². The van der Waals surface area contributed by atoms with Crippen LogP contribution in [0.3, 0.4) is 0 Å². The first kappa shape index (κ1) is 25.3. The van der Waals surface area contributed by atoms with E-state index in [0.717, 1.165) is 22.4 Å². The molecule has 3 aromatic rings. The van der Waals surface area contributed by atoms with E-state index in [4.69, 9.17) is 14.2 Å². The number of ketones is 1. The molecule has 2 atom stereocenters. The fraction of sp³-hybridized carbons (Fsp3) is 0.250. The van der Waals surface area contributed by atoms with E-state index in [1.54, 1.807) is 20.3 Å². The van der Waals surface area contributed by atoms with Gasteiger partial charge in [-0.15, -0.1) is 0 Å². The number of allylic oxidation sites excluding steroid dienone is 3. The molecule has 0 aromatic heterocycles. The van der Waals surface area contributed by atoms with Gasteiger partial charge in [0.2, 0.25) is 0 Å². The molecule has 0 unspecified atom stereocenters. The van der Waals surface area contributed by atoms with Gasteiger partial charge in [0, 0.05) is 35.0 Å². The van der Waals surface area contributed by atoms with E-state index in [1.807, 2.05) is 67.6 Å². The van der Waals surface area contributed by atoms with Crippen molar-refractivity contribution >= 4 is 11.8 Å². The highest BCUT2D eigenvalue weighted by molar-refractivity contribution is 6.04. The number of methoxy groups -OCH3 is 2. The molecule has 38 heavy (non-hydrogen) atoms. The Labute approximate surface area is 222 Å². The third-order valence-electron chi connectivity index (χ3n) is 7.28. The lowest BCUT2D eigenvalue weighted by Gasteiger charge is -2.37. The molecule has 1 heterocycles. The zero-order chi connectivity index (χ0) is 26.6. The van der Waals surface area contributed by atoms with Gasteiger partial charge < -0.3 is 19.5 Å². The molecule has 1 aliphatic heterocycles. The van der Waals surface area contributed by atoms with Gasteiger partial charge in [0.15, 0.2) is 5.78 Å². The largest absolute Gasteiger partial charge is 0.497 e. The first-order valence-corrected chi connectivity index (χ1v) is 12.7. The van der Waals surface area contributed by atoms with Crippen molar-refractivity contribution in [2.75, 3.05) is 14.2 Å². The van der Waals surface area contributed by atoms with Crippen LogP contribution in [0.15, 0.2) is 101 Å². The quantitative estimate of drug-likeness (QED) is 0.405. The minimum atomic E-state index is -0.625. The molecular formula is C32H31NO5. The Morgan fingerprint density at radius 3 is 2.32 bits per heavy atom. The van der Waals surface area contributed by atoms with Crippen LogP contribution in [0.4, 0.5) is 0 Å². The molecule has 6 nitrogen and oxygen atoms in total. The Balaban J connectivity index is 1.57. The zero-order valence-corrected chi connectivity index (χ0v) is 21.8. The van der Waals surface area contributed by atoms with Gasteiger partial charge in [-0.2, -0.15) is 0 Å². The zero-order valence-electron chi connectivity index (χ0n) is 21.8. The second kappa shape index (κ2) is 11.0. The second-order valence-electron chi connectivity index (χ2n) is 9.60. The third kappa shape index (κ3) is 4.94. The van der Waals surface area contributed by atoms with Crippen molar-refractivity contribution in [3.8, 4) is 11.5 Å². The average Bonchev–Trinajstić information content (AvgIpc) is 2.95. The van der Waals surface area contributed by atoms with Crippen molar-refractivity contribution in [1.82, 2.24) is 5.32 Å². The predicted molar refractivity (Wildman–Crippen MR) is 145 cm³/mol. The SMILES string of the molecule is COc1ccc([C@@H]2C(C(=O)OCc3ccccc3)=C(C)NC3=C2C(=O)C[C@H](c2ccccc2)C3)c(OC)c1.